The van der Waals surface area contributed by atoms with Crippen molar-refractivity contribution in [3.63, 3.8) is 0 Å². The molecule has 2 fully saturated rings. The Morgan fingerprint density at radius 3 is 2.20 bits per heavy atom. The molecule has 0 aliphatic carbocycles. The molecule has 0 unspecified atom stereocenters. The van der Waals surface area contributed by atoms with E-state index in [0.717, 1.165) is 18.0 Å². The van der Waals surface area contributed by atoms with Crippen LogP contribution >= 0.6 is 0 Å². The average Bonchev–Trinajstić information content (AvgIpc) is 2.58. The van der Waals surface area contributed by atoms with Crippen LogP contribution in [0.3, 0.4) is 0 Å². The van der Waals surface area contributed by atoms with E-state index in [2.05, 4.69) is 44.4 Å². The van der Waals surface area contributed by atoms with E-state index in [1.165, 1.54) is 26.1 Å². The Balaban J connectivity index is 1.95. The summed E-state index contributed by atoms with van der Waals surface area (Å²) in [7, 11) is 0. The summed E-state index contributed by atoms with van der Waals surface area (Å²) in [6.45, 7) is 15.6. The molecule has 2 bridgehead atoms. The number of likely N-dealkylation sites (tertiary alicyclic amines) is 2. The Labute approximate surface area is 94.6 Å². The summed E-state index contributed by atoms with van der Waals surface area (Å²) in [5.74, 6) is 0.812. The Bertz CT molecular complexity index is 229. The summed E-state index contributed by atoms with van der Waals surface area (Å²) in [5.41, 5.74) is 0.364. The van der Waals surface area contributed by atoms with Gasteiger partial charge in [-0.1, -0.05) is 13.8 Å². The molecule has 88 valence electrons. The molecular formula is C13H26N2. The largest absolute Gasteiger partial charge is 0.297 e. The van der Waals surface area contributed by atoms with E-state index in [9.17, 15) is 0 Å². The van der Waals surface area contributed by atoms with Gasteiger partial charge in [-0.2, -0.15) is 0 Å². The first-order valence-corrected chi connectivity index (χ1v) is 6.38. The standard InChI is InChI=1S/C13H26N2/c1-10(2)7-14-8-12-6-11(14)9-15(12)13(3,4)5/h10-12H,6-9H2,1-5H3/t11-,12-/m1/s1. The van der Waals surface area contributed by atoms with E-state index in [1.807, 2.05) is 0 Å². The van der Waals surface area contributed by atoms with Gasteiger partial charge in [-0.25, -0.2) is 0 Å². The Morgan fingerprint density at radius 1 is 1.13 bits per heavy atom. The molecule has 2 saturated heterocycles. The van der Waals surface area contributed by atoms with Crippen LogP contribution in [0.2, 0.25) is 0 Å². The topological polar surface area (TPSA) is 6.48 Å². The maximum Gasteiger partial charge on any atom is 0.0244 e. The van der Waals surface area contributed by atoms with Gasteiger partial charge in [0.25, 0.3) is 0 Å². The monoisotopic (exact) mass is 210 g/mol. The highest BCUT2D eigenvalue weighted by molar-refractivity contribution is 5.03. The molecule has 0 aromatic rings. The fourth-order valence-electron chi connectivity index (χ4n) is 3.26. The van der Waals surface area contributed by atoms with E-state index in [4.69, 9.17) is 0 Å². The highest BCUT2D eigenvalue weighted by Gasteiger charge is 2.46. The molecule has 2 aliphatic heterocycles. The molecule has 0 radical (unpaired) electrons. The second-order valence-corrected chi connectivity index (χ2v) is 6.71. The van der Waals surface area contributed by atoms with Gasteiger partial charge >= 0.3 is 0 Å². The molecule has 2 heterocycles. The van der Waals surface area contributed by atoms with Crippen molar-refractivity contribution in [2.24, 2.45) is 5.92 Å². The molecule has 0 saturated carbocycles. The molecular weight excluding hydrogens is 184 g/mol. The number of fused-ring (bicyclic) bond motifs is 2. The van der Waals surface area contributed by atoms with Gasteiger partial charge in [-0.15, -0.1) is 0 Å². The number of hydrogen-bond donors (Lipinski definition) is 0. The number of piperazine rings is 1. The summed E-state index contributed by atoms with van der Waals surface area (Å²) >= 11 is 0. The van der Waals surface area contributed by atoms with Crippen LogP contribution in [0.5, 0.6) is 0 Å². The fraction of sp³-hybridized carbons (Fsp3) is 1.00. The normalized spacial score (nSPS) is 33.2. The van der Waals surface area contributed by atoms with Crippen LogP contribution in [0.25, 0.3) is 0 Å². The van der Waals surface area contributed by atoms with Gasteiger partial charge in [0.05, 0.1) is 0 Å². The van der Waals surface area contributed by atoms with Gasteiger partial charge in [-0.05, 0) is 33.1 Å². The lowest BCUT2D eigenvalue weighted by atomic mass is 10.0. The van der Waals surface area contributed by atoms with Crippen LogP contribution in [0, 0.1) is 5.92 Å². The van der Waals surface area contributed by atoms with Crippen LogP contribution < -0.4 is 0 Å². The third-order valence-corrected chi connectivity index (χ3v) is 3.82. The first-order valence-electron chi connectivity index (χ1n) is 6.38. The summed E-state index contributed by atoms with van der Waals surface area (Å²) < 4.78 is 0. The van der Waals surface area contributed by atoms with Crippen molar-refractivity contribution < 1.29 is 0 Å². The van der Waals surface area contributed by atoms with Crippen molar-refractivity contribution in [2.45, 2.75) is 58.7 Å². The molecule has 2 aliphatic rings. The molecule has 0 spiro atoms. The van der Waals surface area contributed by atoms with Crippen LogP contribution in [0.15, 0.2) is 0 Å². The van der Waals surface area contributed by atoms with E-state index in [1.54, 1.807) is 0 Å². The minimum atomic E-state index is 0.364. The predicted molar refractivity (Wildman–Crippen MR) is 65.1 cm³/mol. The lowest BCUT2D eigenvalue weighted by Gasteiger charge is -2.42. The molecule has 15 heavy (non-hydrogen) atoms. The van der Waals surface area contributed by atoms with E-state index in [0.29, 0.717) is 5.54 Å². The van der Waals surface area contributed by atoms with Crippen molar-refractivity contribution >= 4 is 0 Å². The van der Waals surface area contributed by atoms with Crippen LogP contribution in [-0.4, -0.2) is 47.1 Å². The minimum absolute atomic E-state index is 0.364. The molecule has 2 atom stereocenters. The Kier molecular flexibility index (Phi) is 2.85. The van der Waals surface area contributed by atoms with E-state index >= 15 is 0 Å². The smallest absolute Gasteiger partial charge is 0.0244 e. The zero-order valence-corrected chi connectivity index (χ0v) is 11.0. The molecule has 2 rings (SSSR count). The maximum atomic E-state index is 2.71. The zero-order chi connectivity index (χ0) is 11.2. The number of hydrogen-bond acceptors (Lipinski definition) is 2. The summed E-state index contributed by atoms with van der Waals surface area (Å²) in [4.78, 5) is 5.41. The quantitative estimate of drug-likeness (QED) is 0.689. The highest BCUT2D eigenvalue weighted by Crippen LogP contribution is 2.35. The van der Waals surface area contributed by atoms with Crippen molar-refractivity contribution in [2.75, 3.05) is 19.6 Å². The maximum absolute atomic E-state index is 2.71. The van der Waals surface area contributed by atoms with Crippen LogP contribution in [0.4, 0.5) is 0 Å². The number of nitrogens with zero attached hydrogens (tertiary/aromatic N) is 2. The average molecular weight is 210 g/mol. The van der Waals surface area contributed by atoms with Gasteiger partial charge < -0.3 is 0 Å². The lowest BCUT2D eigenvalue weighted by Crippen LogP contribution is -2.53. The minimum Gasteiger partial charge on any atom is -0.297 e. The van der Waals surface area contributed by atoms with Gasteiger partial charge in [0, 0.05) is 37.3 Å². The first-order chi connectivity index (χ1) is 6.88. The molecule has 0 N–H and O–H groups in total. The van der Waals surface area contributed by atoms with Gasteiger partial charge in [0.15, 0.2) is 0 Å². The summed E-state index contributed by atoms with van der Waals surface area (Å²) in [6.07, 6.45) is 1.41. The van der Waals surface area contributed by atoms with Gasteiger partial charge in [0.2, 0.25) is 0 Å². The Morgan fingerprint density at radius 2 is 1.80 bits per heavy atom. The SMILES string of the molecule is CC(C)CN1C[C@H]2C[C@@H]1CN2C(C)(C)C. The highest BCUT2D eigenvalue weighted by atomic mass is 15.4. The second-order valence-electron chi connectivity index (χ2n) is 6.71. The lowest BCUT2D eigenvalue weighted by molar-refractivity contribution is 0.0531. The molecule has 2 heteroatoms. The van der Waals surface area contributed by atoms with E-state index in [-0.39, 0.29) is 0 Å². The number of rotatable bonds is 2. The molecule has 2 nitrogen and oxygen atoms in total. The van der Waals surface area contributed by atoms with Gasteiger partial charge in [-0.3, -0.25) is 9.80 Å². The fourth-order valence-corrected chi connectivity index (χ4v) is 3.26. The predicted octanol–water partition coefficient (Wildman–Crippen LogP) is 2.20. The zero-order valence-electron chi connectivity index (χ0n) is 11.0. The summed E-state index contributed by atoms with van der Waals surface area (Å²) in [6, 6.07) is 1.67. The van der Waals surface area contributed by atoms with E-state index < -0.39 is 0 Å². The van der Waals surface area contributed by atoms with Crippen molar-refractivity contribution in [3.05, 3.63) is 0 Å². The van der Waals surface area contributed by atoms with Crippen LogP contribution in [0.1, 0.15) is 41.0 Å². The Hall–Kier alpha value is -0.0800. The van der Waals surface area contributed by atoms with Crippen LogP contribution in [-0.2, 0) is 0 Å². The summed E-state index contributed by atoms with van der Waals surface area (Å²) in [5, 5.41) is 0. The third kappa shape index (κ3) is 2.21. The molecule has 0 amide bonds. The second kappa shape index (κ2) is 3.74. The van der Waals surface area contributed by atoms with Crippen molar-refractivity contribution in [1.82, 2.24) is 9.80 Å². The first kappa shape index (κ1) is 11.4. The van der Waals surface area contributed by atoms with Crippen molar-refractivity contribution in [1.29, 1.82) is 0 Å². The molecule has 0 aromatic carbocycles. The van der Waals surface area contributed by atoms with Crippen molar-refractivity contribution in [3.8, 4) is 0 Å². The third-order valence-electron chi connectivity index (χ3n) is 3.82. The van der Waals surface area contributed by atoms with Gasteiger partial charge in [0.1, 0.15) is 0 Å². The molecule has 0 aromatic heterocycles.